The standard InChI is InChI=1S/C12H16ClN3O2/c1-7(6-14)12(18)16-10-4-3-9(13)5-11(10)15-8(2)17/h3-5,7H,6,14H2,1-2H3,(H,15,17)(H,16,18). The molecule has 0 fully saturated rings. The van der Waals surface area contributed by atoms with E-state index < -0.39 is 0 Å². The first kappa shape index (κ1) is 14.5. The lowest BCUT2D eigenvalue weighted by atomic mass is 10.1. The lowest BCUT2D eigenvalue weighted by molar-refractivity contribution is -0.119. The number of amides is 2. The van der Waals surface area contributed by atoms with E-state index in [1.807, 2.05) is 0 Å². The van der Waals surface area contributed by atoms with Gasteiger partial charge in [-0.05, 0) is 18.2 Å². The molecule has 0 radical (unpaired) electrons. The van der Waals surface area contributed by atoms with Gasteiger partial charge in [0.2, 0.25) is 11.8 Å². The zero-order valence-corrected chi connectivity index (χ0v) is 11.0. The molecule has 0 aliphatic carbocycles. The summed E-state index contributed by atoms with van der Waals surface area (Å²) >= 11 is 5.84. The summed E-state index contributed by atoms with van der Waals surface area (Å²) in [7, 11) is 0. The molecule has 1 atom stereocenters. The molecule has 6 heteroatoms. The molecule has 1 aromatic rings. The molecule has 0 aliphatic rings. The van der Waals surface area contributed by atoms with E-state index in [-0.39, 0.29) is 24.3 Å². The number of nitrogens with two attached hydrogens (primary N) is 1. The molecule has 0 aliphatic heterocycles. The van der Waals surface area contributed by atoms with E-state index >= 15 is 0 Å². The van der Waals surface area contributed by atoms with Gasteiger partial charge in [-0.3, -0.25) is 9.59 Å². The molecule has 1 unspecified atom stereocenters. The van der Waals surface area contributed by atoms with E-state index in [1.165, 1.54) is 6.92 Å². The van der Waals surface area contributed by atoms with Crippen molar-refractivity contribution in [2.45, 2.75) is 13.8 Å². The third kappa shape index (κ3) is 4.01. The number of carbonyl (C=O) groups is 2. The van der Waals surface area contributed by atoms with Crippen LogP contribution in [0.4, 0.5) is 11.4 Å². The lowest BCUT2D eigenvalue weighted by Crippen LogP contribution is -2.27. The highest BCUT2D eigenvalue weighted by Crippen LogP contribution is 2.26. The van der Waals surface area contributed by atoms with Crippen LogP contribution in [0, 0.1) is 5.92 Å². The Morgan fingerprint density at radius 2 is 2.00 bits per heavy atom. The fourth-order valence-corrected chi connectivity index (χ4v) is 1.45. The highest BCUT2D eigenvalue weighted by molar-refractivity contribution is 6.31. The monoisotopic (exact) mass is 269 g/mol. The molecule has 18 heavy (non-hydrogen) atoms. The Balaban J connectivity index is 2.93. The van der Waals surface area contributed by atoms with Crippen molar-refractivity contribution in [2.24, 2.45) is 11.7 Å². The second-order valence-electron chi connectivity index (χ2n) is 4.00. The summed E-state index contributed by atoms with van der Waals surface area (Å²) in [5.74, 6) is -0.739. The number of carbonyl (C=O) groups excluding carboxylic acids is 2. The van der Waals surface area contributed by atoms with Crippen LogP contribution in [0.3, 0.4) is 0 Å². The quantitative estimate of drug-likeness (QED) is 0.780. The molecule has 0 saturated carbocycles. The number of hydrogen-bond acceptors (Lipinski definition) is 3. The molecule has 0 bridgehead atoms. The maximum atomic E-state index is 11.7. The van der Waals surface area contributed by atoms with Crippen LogP contribution in [0.5, 0.6) is 0 Å². The predicted octanol–water partition coefficient (Wildman–Crippen LogP) is 1.83. The van der Waals surface area contributed by atoms with Gasteiger partial charge in [0.25, 0.3) is 0 Å². The zero-order valence-electron chi connectivity index (χ0n) is 10.3. The van der Waals surface area contributed by atoms with E-state index in [1.54, 1.807) is 25.1 Å². The second kappa shape index (κ2) is 6.37. The average Bonchev–Trinajstić information content (AvgIpc) is 2.30. The molecule has 2 amide bonds. The number of rotatable bonds is 4. The largest absolute Gasteiger partial charge is 0.330 e. The summed E-state index contributed by atoms with van der Waals surface area (Å²) in [6.07, 6.45) is 0. The maximum absolute atomic E-state index is 11.7. The van der Waals surface area contributed by atoms with E-state index in [0.717, 1.165) is 0 Å². The van der Waals surface area contributed by atoms with Crippen molar-refractivity contribution in [3.05, 3.63) is 23.2 Å². The summed E-state index contributed by atoms with van der Waals surface area (Å²) in [6, 6.07) is 4.84. The van der Waals surface area contributed by atoms with Crippen molar-refractivity contribution in [3.8, 4) is 0 Å². The molecule has 0 spiro atoms. The molecular weight excluding hydrogens is 254 g/mol. The number of nitrogens with one attached hydrogen (secondary N) is 2. The van der Waals surface area contributed by atoms with E-state index in [4.69, 9.17) is 17.3 Å². The third-order valence-electron chi connectivity index (χ3n) is 2.35. The minimum absolute atomic E-state index is 0.202. The molecule has 1 rings (SSSR count). The van der Waals surface area contributed by atoms with Gasteiger partial charge in [0.05, 0.1) is 11.4 Å². The van der Waals surface area contributed by atoms with Crippen molar-refractivity contribution < 1.29 is 9.59 Å². The predicted molar refractivity (Wildman–Crippen MR) is 72.6 cm³/mol. The zero-order chi connectivity index (χ0) is 13.7. The molecule has 0 heterocycles. The summed E-state index contributed by atoms with van der Waals surface area (Å²) in [6.45, 7) is 3.37. The Kier molecular flexibility index (Phi) is 5.12. The van der Waals surface area contributed by atoms with E-state index in [2.05, 4.69) is 10.6 Å². The van der Waals surface area contributed by atoms with Crippen molar-refractivity contribution in [2.75, 3.05) is 17.2 Å². The SMILES string of the molecule is CC(=O)Nc1cc(Cl)ccc1NC(=O)C(C)CN. The fraction of sp³-hybridized carbons (Fsp3) is 0.333. The highest BCUT2D eigenvalue weighted by atomic mass is 35.5. The van der Waals surface area contributed by atoms with Crippen molar-refractivity contribution >= 4 is 34.8 Å². The Morgan fingerprint density at radius 1 is 1.33 bits per heavy atom. The fourth-order valence-electron chi connectivity index (χ4n) is 1.28. The number of halogens is 1. The van der Waals surface area contributed by atoms with Gasteiger partial charge < -0.3 is 16.4 Å². The molecule has 5 nitrogen and oxygen atoms in total. The van der Waals surface area contributed by atoms with Gasteiger partial charge in [-0.1, -0.05) is 18.5 Å². The maximum Gasteiger partial charge on any atom is 0.228 e. The first-order chi connectivity index (χ1) is 8.43. The Hall–Kier alpha value is -1.59. The Bertz CT molecular complexity index is 463. The first-order valence-electron chi connectivity index (χ1n) is 5.52. The molecule has 98 valence electrons. The Morgan fingerprint density at radius 3 is 2.56 bits per heavy atom. The number of anilines is 2. The summed E-state index contributed by atoms with van der Waals surface area (Å²) in [4.78, 5) is 22.8. The van der Waals surface area contributed by atoms with Gasteiger partial charge in [-0.15, -0.1) is 0 Å². The van der Waals surface area contributed by atoms with Crippen LogP contribution in [-0.4, -0.2) is 18.4 Å². The normalized spacial score (nSPS) is 11.8. The second-order valence-corrected chi connectivity index (χ2v) is 4.43. The van der Waals surface area contributed by atoms with E-state index in [9.17, 15) is 9.59 Å². The molecular formula is C12H16ClN3O2. The molecule has 0 saturated heterocycles. The van der Waals surface area contributed by atoms with Crippen molar-refractivity contribution in [1.29, 1.82) is 0 Å². The summed E-state index contributed by atoms with van der Waals surface area (Å²) in [5.41, 5.74) is 6.38. The number of benzene rings is 1. The van der Waals surface area contributed by atoms with Gasteiger partial charge in [0.15, 0.2) is 0 Å². The Labute approximate surface area is 111 Å². The van der Waals surface area contributed by atoms with Crippen molar-refractivity contribution in [3.63, 3.8) is 0 Å². The van der Waals surface area contributed by atoms with Crippen LogP contribution < -0.4 is 16.4 Å². The smallest absolute Gasteiger partial charge is 0.228 e. The van der Waals surface area contributed by atoms with Crippen LogP contribution in [0.15, 0.2) is 18.2 Å². The van der Waals surface area contributed by atoms with Crippen molar-refractivity contribution in [1.82, 2.24) is 0 Å². The summed E-state index contributed by atoms with van der Waals surface area (Å²) < 4.78 is 0. The van der Waals surface area contributed by atoms with Crippen LogP contribution in [-0.2, 0) is 9.59 Å². The average molecular weight is 270 g/mol. The summed E-state index contributed by atoms with van der Waals surface area (Å²) in [5, 5.41) is 5.78. The molecule has 0 aromatic heterocycles. The van der Waals surface area contributed by atoms with Gasteiger partial charge >= 0.3 is 0 Å². The first-order valence-corrected chi connectivity index (χ1v) is 5.90. The number of hydrogen-bond donors (Lipinski definition) is 3. The van der Waals surface area contributed by atoms with Crippen LogP contribution in [0.25, 0.3) is 0 Å². The van der Waals surface area contributed by atoms with Crippen LogP contribution in [0.2, 0.25) is 5.02 Å². The van der Waals surface area contributed by atoms with Gasteiger partial charge in [0, 0.05) is 24.4 Å². The minimum atomic E-state index is -0.300. The topological polar surface area (TPSA) is 84.2 Å². The highest BCUT2D eigenvalue weighted by Gasteiger charge is 2.13. The van der Waals surface area contributed by atoms with Gasteiger partial charge in [-0.25, -0.2) is 0 Å². The van der Waals surface area contributed by atoms with Gasteiger partial charge in [-0.2, -0.15) is 0 Å². The molecule has 1 aromatic carbocycles. The van der Waals surface area contributed by atoms with Crippen LogP contribution in [0.1, 0.15) is 13.8 Å². The third-order valence-corrected chi connectivity index (χ3v) is 2.59. The lowest BCUT2D eigenvalue weighted by Gasteiger charge is -2.14. The van der Waals surface area contributed by atoms with Crippen LogP contribution >= 0.6 is 11.6 Å². The molecule has 4 N–H and O–H groups in total. The minimum Gasteiger partial charge on any atom is -0.330 e. The van der Waals surface area contributed by atoms with E-state index in [0.29, 0.717) is 16.4 Å². The van der Waals surface area contributed by atoms with Gasteiger partial charge in [0.1, 0.15) is 0 Å².